The van der Waals surface area contributed by atoms with E-state index < -0.39 is 11.0 Å². The Labute approximate surface area is 166 Å². The van der Waals surface area contributed by atoms with Crippen molar-refractivity contribution in [2.75, 3.05) is 6.61 Å². The van der Waals surface area contributed by atoms with Crippen molar-refractivity contribution in [3.8, 4) is 0 Å². The van der Waals surface area contributed by atoms with Crippen LogP contribution in [0.15, 0.2) is 11.6 Å². The summed E-state index contributed by atoms with van der Waals surface area (Å²) in [5.74, 6) is 0.486. The van der Waals surface area contributed by atoms with Crippen molar-refractivity contribution in [2.24, 2.45) is 34.5 Å². The second kappa shape index (κ2) is 5.91. The number of Topliss-reactive ketones (excluding diaryl/α,β-unsaturated/α-hetero) is 1. The van der Waals surface area contributed by atoms with Crippen LogP contribution in [0.25, 0.3) is 0 Å². The fourth-order valence-electron chi connectivity index (χ4n) is 8.10. The molecule has 1 aliphatic heterocycles. The molecule has 0 unspecified atom stereocenters. The lowest BCUT2D eigenvalue weighted by atomic mass is 9.43. The lowest BCUT2D eigenvalue weighted by Crippen LogP contribution is -2.65. The van der Waals surface area contributed by atoms with Crippen molar-refractivity contribution >= 4 is 11.8 Å². The molecule has 5 nitrogen and oxygen atoms in total. The van der Waals surface area contributed by atoms with Gasteiger partial charge in [0.05, 0.1) is 17.1 Å². The number of aliphatic hydroxyl groups is 2. The van der Waals surface area contributed by atoms with Crippen molar-refractivity contribution in [3.63, 3.8) is 0 Å². The highest BCUT2D eigenvalue weighted by atomic mass is 16.5. The van der Waals surface area contributed by atoms with Gasteiger partial charge in [-0.15, -0.1) is 0 Å². The first-order chi connectivity index (χ1) is 13.2. The van der Waals surface area contributed by atoms with Crippen LogP contribution in [0.2, 0.25) is 0 Å². The van der Waals surface area contributed by atoms with Gasteiger partial charge >= 0.3 is 5.97 Å². The zero-order valence-corrected chi connectivity index (χ0v) is 16.9. The summed E-state index contributed by atoms with van der Waals surface area (Å²) < 4.78 is 5.13. The Bertz CT molecular complexity index is 758. The molecule has 5 aliphatic rings. The van der Waals surface area contributed by atoms with Crippen LogP contribution in [0, 0.1) is 34.5 Å². The van der Waals surface area contributed by atoms with Gasteiger partial charge in [-0.2, -0.15) is 0 Å². The summed E-state index contributed by atoms with van der Waals surface area (Å²) in [7, 11) is 0. The highest BCUT2D eigenvalue weighted by Gasteiger charge is 2.71. The van der Waals surface area contributed by atoms with E-state index in [4.69, 9.17) is 4.74 Å². The summed E-state index contributed by atoms with van der Waals surface area (Å²) in [5.41, 5.74) is -0.922. The normalized spacial score (nSPS) is 53.1. The van der Waals surface area contributed by atoms with Gasteiger partial charge < -0.3 is 14.9 Å². The van der Waals surface area contributed by atoms with Crippen LogP contribution in [0.4, 0.5) is 0 Å². The molecule has 0 spiro atoms. The zero-order valence-electron chi connectivity index (χ0n) is 16.9. The highest BCUT2D eigenvalue weighted by Crippen LogP contribution is 2.68. The van der Waals surface area contributed by atoms with E-state index in [1.54, 1.807) is 6.08 Å². The lowest BCUT2D eigenvalue weighted by Gasteiger charge is -2.62. The molecule has 154 valence electrons. The minimum atomic E-state index is -1.01. The van der Waals surface area contributed by atoms with Crippen molar-refractivity contribution < 1.29 is 24.5 Å². The summed E-state index contributed by atoms with van der Waals surface area (Å²) in [6, 6.07) is 0. The summed E-state index contributed by atoms with van der Waals surface area (Å²) >= 11 is 0. The quantitative estimate of drug-likeness (QED) is 0.675. The minimum absolute atomic E-state index is 0.0264. The van der Waals surface area contributed by atoms with Gasteiger partial charge in [0.15, 0.2) is 0 Å². The number of rotatable bonds is 1. The second-order valence-corrected chi connectivity index (χ2v) is 10.6. The van der Waals surface area contributed by atoms with E-state index in [0.29, 0.717) is 18.8 Å². The maximum absolute atomic E-state index is 13.6. The number of fused-ring (bicyclic) bond motifs is 5. The number of hydrogen-bond acceptors (Lipinski definition) is 5. The van der Waals surface area contributed by atoms with Crippen LogP contribution in [0.3, 0.4) is 0 Å². The Morgan fingerprint density at radius 2 is 1.86 bits per heavy atom. The zero-order chi connectivity index (χ0) is 19.9. The summed E-state index contributed by atoms with van der Waals surface area (Å²) in [6.45, 7) is 4.51. The third-order valence-corrected chi connectivity index (χ3v) is 9.80. The average Bonchev–Trinajstić information content (AvgIpc) is 3.19. The predicted octanol–water partition coefficient (Wildman–Crippen LogP) is 2.78. The Kier molecular flexibility index (Phi) is 3.97. The van der Waals surface area contributed by atoms with Crippen molar-refractivity contribution in [3.05, 3.63) is 11.6 Å². The fourth-order valence-corrected chi connectivity index (χ4v) is 8.10. The first kappa shape index (κ1) is 18.8. The van der Waals surface area contributed by atoms with Crippen molar-refractivity contribution in [1.82, 2.24) is 0 Å². The predicted molar refractivity (Wildman–Crippen MR) is 102 cm³/mol. The molecule has 0 saturated heterocycles. The first-order valence-corrected chi connectivity index (χ1v) is 11.0. The highest BCUT2D eigenvalue weighted by molar-refractivity contribution is 5.90. The van der Waals surface area contributed by atoms with E-state index in [-0.39, 0.29) is 47.6 Å². The van der Waals surface area contributed by atoms with Crippen LogP contribution in [-0.4, -0.2) is 40.3 Å². The largest absolute Gasteiger partial charge is 0.458 e. The number of ether oxygens (including phenoxy) is 1. The van der Waals surface area contributed by atoms with Gasteiger partial charge in [-0.1, -0.05) is 6.92 Å². The topological polar surface area (TPSA) is 83.8 Å². The Morgan fingerprint density at radius 3 is 2.57 bits per heavy atom. The summed E-state index contributed by atoms with van der Waals surface area (Å²) in [6.07, 6.45) is 7.73. The Morgan fingerprint density at radius 1 is 1.07 bits per heavy atom. The molecule has 0 aromatic heterocycles. The maximum atomic E-state index is 13.6. The summed E-state index contributed by atoms with van der Waals surface area (Å²) in [4.78, 5) is 25.2. The molecular weight excluding hydrogens is 356 g/mol. The molecule has 0 aromatic carbocycles. The number of esters is 1. The molecule has 5 rings (SSSR count). The minimum Gasteiger partial charge on any atom is -0.458 e. The molecule has 0 amide bonds. The van der Waals surface area contributed by atoms with E-state index in [0.717, 1.165) is 44.1 Å². The standard InChI is InChI=1S/C23H32O5/c1-21-7-5-15(24)10-14(21)3-4-17-18(21)11-19(25)22(2)16(6-8-23(17,22)27)13-9-20(26)28-12-13/h9,14-18,24,27H,3-8,10-12H2,1-2H3/t14-,15+,16-,17-,18+,21+,22+,23+/m1/s1. The molecule has 8 atom stereocenters. The molecule has 1 heterocycles. The molecular formula is C23H32O5. The average molecular weight is 389 g/mol. The van der Waals surface area contributed by atoms with Crippen LogP contribution < -0.4 is 0 Å². The van der Waals surface area contributed by atoms with Gasteiger partial charge in [-0.3, -0.25) is 4.79 Å². The number of aliphatic hydroxyl groups excluding tert-OH is 1. The van der Waals surface area contributed by atoms with Gasteiger partial charge in [-0.25, -0.2) is 4.79 Å². The third-order valence-electron chi connectivity index (χ3n) is 9.80. The first-order valence-electron chi connectivity index (χ1n) is 11.0. The van der Waals surface area contributed by atoms with Crippen LogP contribution in [0.1, 0.15) is 65.2 Å². The lowest BCUT2D eigenvalue weighted by molar-refractivity contribution is -0.205. The van der Waals surface area contributed by atoms with E-state index >= 15 is 0 Å². The molecule has 2 N–H and O–H groups in total. The number of hydrogen-bond donors (Lipinski definition) is 2. The Hall–Kier alpha value is -1.20. The van der Waals surface area contributed by atoms with E-state index in [1.165, 1.54) is 0 Å². The molecule has 0 aromatic rings. The molecule has 28 heavy (non-hydrogen) atoms. The molecule has 0 bridgehead atoms. The molecule has 4 fully saturated rings. The number of carbonyl (C=O) groups is 2. The van der Waals surface area contributed by atoms with E-state index in [9.17, 15) is 19.8 Å². The van der Waals surface area contributed by atoms with Crippen LogP contribution in [-0.2, 0) is 14.3 Å². The SMILES string of the molecule is C[C@]12CC[C@H](O)C[C@H]1CC[C@@H]1[C@@H]2CC(=O)[C@]2(C)[C@@H](C3=CC(=O)OC3)CC[C@]12O. The van der Waals surface area contributed by atoms with Crippen LogP contribution >= 0.6 is 0 Å². The number of ketones is 1. The maximum Gasteiger partial charge on any atom is 0.331 e. The molecule has 4 saturated carbocycles. The van der Waals surface area contributed by atoms with E-state index in [2.05, 4.69) is 6.92 Å². The van der Waals surface area contributed by atoms with Gasteiger partial charge in [-0.05, 0) is 86.5 Å². The molecule has 0 radical (unpaired) electrons. The van der Waals surface area contributed by atoms with E-state index in [1.807, 2.05) is 6.92 Å². The van der Waals surface area contributed by atoms with Gasteiger partial charge in [0, 0.05) is 12.5 Å². The summed E-state index contributed by atoms with van der Waals surface area (Å²) in [5, 5.41) is 22.2. The smallest absolute Gasteiger partial charge is 0.331 e. The van der Waals surface area contributed by atoms with Gasteiger partial charge in [0.1, 0.15) is 12.4 Å². The van der Waals surface area contributed by atoms with Crippen molar-refractivity contribution in [2.45, 2.75) is 76.9 Å². The third kappa shape index (κ3) is 2.21. The monoisotopic (exact) mass is 388 g/mol. The number of carbonyl (C=O) groups excluding carboxylic acids is 2. The number of cyclic esters (lactones) is 1. The molecule has 5 heteroatoms. The van der Waals surface area contributed by atoms with Crippen molar-refractivity contribution in [1.29, 1.82) is 0 Å². The Balaban J connectivity index is 1.52. The second-order valence-electron chi connectivity index (χ2n) is 10.6. The van der Waals surface area contributed by atoms with Gasteiger partial charge in [0.2, 0.25) is 0 Å². The van der Waals surface area contributed by atoms with Gasteiger partial charge in [0.25, 0.3) is 0 Å². The molecule has 4 aliphatic carbocycles. The fraction of sp³-hybridized carbons (Fsp3) is 0.826. The van der Waals surface area contributed by atoms with Crippen LogP contribution in [0.5, 0.6) is 0 Å².